The number of nitrogens with two attached hydrogens (primary N) is 1. The van der Waals surface area contributed by atoms with Gasteiger partial charge in [0.2, 0.25) is 0 Å². The van der Waals surface area contributed by atoms with Crippen LogP contribution in [-0.4, -0.2) is 13.2 Å². The van der Waals surface area contributed by atoms with E-state index in [4.69, 9.17) is 10.5 Å². The molecule has 1 aromatic rings. The van der Waals surface area contributed by atoms with E-state index in [2.05, 4.69) is 6.92 Å². The first kappa shape index (κ1) is 16.1. The zero-order valence-corrected chi connectivity index (χ0v) is 11.9. The number of hydrogen-bond donors (Lipinski definition) is 1. The molecule has 19 heavy (non-hydrogen) atoms. The molecule has 1 aromatic carbocycles. The van der Waals surface area contributed by atoms with Crippen molar-refractivity contribution in [3.63, 3.8) is 0 Å². The molecule has 0 amide bonds. The number of ether oxygens (including phenoxy) is 1. The van der Waals surface area contributed by atoms with Crippen LogP contribution in [0.15, 0.2) is 24.3 Å². The molecule has 0 aliphatic heterocycles. The van der Waals surface area contributed by atoms with Gasteiger partial charge in [-0.3, -0.25) is 0 Å². The predicted molar refractivity (Wildman–Crippen MR) is 77.5 cm³/mol. The van der Waals surface area contributed by atoms with Crippen molar-refractivity contribution in [1.29, 1.82) is 0 Å². The van der Waals surface area contributed by atoms with Crippen LogP contribution in [0.4, 0.5) is 4.39 Å². The van der Waals surface area contributed by atoms with Crippen molar-refractivity contribution < 1.29 is 9.13 Å². The topological polar surface area (TPSA) is 35.2 Å². The first-order valence-corrected chi connectivity index (χ1v) is 7.35. The number of rotatable bonds is 10. The predicted octanol–water partition coefficient (Wildman–Crippen LogP) is 4.20. The lowest BCUT2D eigenvalue weighted by molar-refractivity contribution is 0.0555. The highest BCUT2D eigenvalue weighted by Crippen LogP contribution is 2.18. The Morgan fingerprint density at radius 1 is 1.16 bits per heavy atom. The molecular formula is C16H26FNO. The van der Waals surface area contributed by atoms with Crippen LogP contribution < -0.4 is 5.73 Å². The molecule has 1 unspecified atom stereocenters. The third-order valence-corrected chi connectivity index (χ3v) is 3.25. The van der Waals surface area contributed by atoms with Gasteiger partial charge in [0.15, 0.2) is 0 Å². The third-order valence-electron chi connectivity index (χ3n) is 3.25. The van der Waals surface area contributed by atoms with Crippen LogP contribution in [0.1, 0.15) is 57.1 Å². The van der Waals surface area contributed by atoms with Crippen molar-refractivity contribution in [1.82, 2.24) is 0 Å². The van der Waals surface area contributed by atoms with Gasteiger partial charge in [0.25, 0.3) is 0 Å². The molecule has 0 saturated heterocycles. The average Bonchev–Trinajstić information content (AvgIpc) is 2.42. The van der Waals surface area contributed by atoms with Gasteiger partial charge in [-0.2, -0.15) is 0 Å². The Labute approximate surface area is 116 Å². The fourth-order valence-electron chi connectivity index (χ4n) is 2.12. The maximum atomic E-state index is 13.1. The van der Waals surface area contributed by atoms with Crippen molar-refractivity contribution in [2.75, 3.05) is 13.2 Å². The quantitative estimate of drug-likeness (QED) is 0.645. The highest BCUT2D eigenvalue weighted by Gasteiger charge is 2.10. The van der Waals surface area contributed by atoms with E-state index >= 15 is 0 Å². The monoisotopic (exact) mass is 267 g/mol. The Morgan fingerprint density at radius 3 is 2.58 bits per heavy atom. The van der Waals surface area contributed by atoms with Gasteiger partial charge in [-0.1, -0.05) is 51.2 Å². The number of unbranched alkanes of at least 4 members (excludes halogenated alkanes) is 5. The minimum absolute atomic E-state index is 0.189. The normalized spacial score (nSPS) is 12.6. The summed E-state index contributed by atoms with van der Waals surface area (Å²) in [5, 5.41) is 0. The van der Waals surface area contributed by atoms with Crippen molar-refractivity contribution in [3.05, 3.63) is 35.6 Å². The molecule has 2 N–H and O–H groups in total. The van der Waals surface area contributed by atoms with Crippen LogP contribution in [0.2, 0.25) is 0 Å². The lowest BCUT2D eigenvalue weighted by Crippen LogP contribution is -2.16. The first-order chi connectivity index (χ1) is 9.27. The Bertz CT molecular complexity index is 343. The molecule has 108 valence electrons. The Kier molecular flexibility index (Phi) is 8.43. The van der Waals surface area contributed by atoms with Crippen LogP contribution in [-0.2, 0) is 4.74 Å². The molecule has 0 aromatic heterocycles. The minimum atomic E-state index is -0.237. The third kappa shape index (κ3) is 6.69. The molecule has 2 nitrogen and oxygen atoms in total. The summed E-state index contributed by atoms with van der Waals surface area (Å²) in [4.78, 5) is 0. The second kappa shape index (κ2) is 9.93. The van der Waals surface area contributed by atoms with Gasteiger partial charge in [-0.05, 0) is 24.1 Å². The molecule has 0 aliphatic carbocycles. The Balaban J connectivity index is 2.22. The minimum Gasteiger partial charge on any atom is -0.372 e. The van der Waals surface area contributed by atoms with Crippen LogP contribution >= 0.6 is 0 Å². The zero-order valence-electron chi connectivity index (χ0n) is 11.9. The van der Waals surface area contributed by atoms with Crippen LogP contribution in [0.25, 0.3) is 0 Å². The lowest BCUT2D eigenvalue weighted by Gasteiger charge is -2.16. The molecule has 1 atom stereocenters. The van der Waals surface area contributed by atoms with Gasteiger partial charge in [-0.25, -0.2) is 4.39 Å². The lowest BCUT2D eigenvalue weighted by atomic mass is 10.1. The average molecular weight is 267 g/mol. The van der Waals surface area contributed by atoms with Crippen molar-refractivity contribution >= 4 is 0 Å². The van der Waals surface area contributed by atoms with Crippen molar-refractivity contribution in [3.8, 4) is 0 Å². The molecule has 0 radical (unpaired) electrons. The second-order valence-corrected chi connectivity index (χ2v) is 4.92. The molecule has 0 saturated carbocycles. The maximum absolute atomic E-state index is 13.1. The summed E-state index contributed by atoms with van der Waals surface area (Å²) in [6, 6.07) is 6.49. The molecule has 0 heterocycles. The highest BCUT2D eigenvalue weighted by molar-refractivity contribution is 5.19. The van der Waals surface area contributed by atoms with Crippen LogP contribution in [0.5, 0.6) is 0 Å². The first-order valence-electron chi connectivity index (χ1n) is 7.35. The van der Waals surface area contributed by atoms with E-state index in [1.54, 1.807) is 6.07 Å². The number of benzene rings is 1. The van der Waals surface area contributed by atoms with Crippen LogP contribution in [0, 0.1) is 5.82 Å². The molecular weight excluding hydrogens is 241 g/mol. The van der Waals surface area contributed by atoms with E-state index in [9.17, 15) is 4.39 Å². The summed E-state index contributed by atoms with van der Waals surface area (Å²) in [5.74, 6) is -0.237. The molecule has 1 rings (SSSR count). The maximum Gasteiger partial charge on any atom is 0.123 e. The largest absolute Gasteiger partial charge is 0.372 e. The standard InChI is InChI=1S/C16H26FNO/c1-2-3-4-5-6-7-11-19-16(13-18)14-9-8-10-15(17)12-14/h8-10,12,16H,2-7,11,13,18H2,1H3. The van der Waals surface area contributed by atoms with E-state index in [0.717, 1.165) is 12.0 Å². The number of hydrogen-bond acceptors (Lipinski definition) is 2. The SMILES string of the molecule is CCCCCCCCOC(CN)c1cccc(F)c1. The molecule has 0 bridgehead atoms. The summed E-state index contributed by atoms with van der Waals surface area (Å²) in [5.41, 5.74) is 6.52. The summed E-state index contributed by atoms with van der Waals surface area (Å²) in [7, 11) is 0. The van der Waals surface area contributed by atoms with Crippen molar-refractivity contribution in [2.45, 2.75) is 51.6 Å². The highest BCUT2D eigenvalue weighted by atomic mass is 19.1. The summed E-state index contributed by atoms with van der Waals surface area (Å²) >= 11 is 0. The van der Waals surface area contributed by atoms with Gasteiger partial charge in [-0.15, -0.1) is 0 Å². The van der Waals surface area contributed by atoms with E-state index in [1.807, 2.05) is 6.07 Å². The smallest absolute Gasteiger partial charge is 0.123 e. The molecule has 0 aliphatic rings. The van der Waals surface area contributed by atoms with Gasteiger partial charge >= 0.3 is 0 Å². The summed E-state index contributed by atoms with van der Waals surface area (Å²) < 4.78 is 18.9. The van der Waals surface area contributed by atoms with E-state index in [-0.39, 0.29) is 11.9 Å². The van der Waals surface area contributed by atoms with Gasteiger partial charge in [0.1, 0.15) is 5.82 Å². The Morgan fingerprint density at radius 2 is 1.89 bits per heavy atom. The van der Waals surface area contributed by atoms with E-state index in [0.29, 0.717) is 13.2 Å². The number of halogens is 1. The van der Waals surface area contributed by atoms with E-state index < -0.39 is 0 Å². The fourth-order valence-corrected chi connectivity index (χ4v) is 2.12. The molecule has 0 spiro atoms. The molecule has 3 heteroatoms. The molecule has 0 fully saturated rings. The van der Waals surface area contributed by atoms with Gasteiger partial charge in [0.05, 0.1) is 6.10 Å². The fraction of sp³-hybridized carbons (Fsp3) is 0.625. The zero-order chi connectivity index (χ0) is 13.9. The summed E-state index contributed by atoms with van der Waals surface area (Å²) in [6.45, 7) is 3.30. The Hall–Kier alpha value is -0.930. The van der Waals surface area contributed by atoms with Gasteiger partial charge in [0, 0.05) is 13.2 Å². The van der Waals surface area contributed by atoms with Crippen LogP contribution in [0.3, 0.4) is 0 Å². The van der Waals surface area contributed by atoms with E-state index in [1.165, 1.54) is 44.2 Å². The summed E-state index contributed by atoms with van der Waals surface area (Å²) in [6.07, 6.45) is 7.22. The second-order valence-electron chi connectivity index (χ2n) is 4.92. The van der Waals surface area contributed by atoms with Crippen molar-refractivity contribution in [2.24, 2.45) is 5.73 Å². The van der Waals surface area contributed by atoms with Gasteiger partial charge < -0.3 is 10.5 Å².